The summed E-state index contributed by atoms with van der Waals surface area (Å²) in [6.45, 7) is 7.59. The van der Waals surface area contributed by atoms with Gasteiger partial charge in [0.05, 0.1) is 12.2 Å². The van der Waals surface area contributed by atoms with Crippen LogP contribution in [-0.4, -0.2) is 33.9 Å². The first kappa shape index (κ1) is 24.3. The first-order chi connectivity index (χ1) is 15.7. The summed E-state index contributed by atoms with van der Waals surface area (Å²) in [5, 5.41) is 7.95. The van der Waals surface area contributed by atoms with Crippen LogP contribution in [0.3, 0.4) is 0 Å². The summed E-state index contributed by atoms with van der Waals surface area (Å²) in [6.07, 6.45) is 0. The van der Waals surface area contributed by atoms with Gasteiger partial charge in [0.2, 0.25) is 0 Å². The molecule has 0 saturated heterocycles. The molecule has 0 unspecified atom stereocenters. The van der Waals surface area contributed by atoms with Crippen molar-refractivity contribution in [2.45, 2.75) is 46.4 Å². The third-order valence-corrected chi connectivity index (χ3v) is 5.43. The molecule has 0 fully saturated rings. The summed E-state index contributed by atoms with van der Waals surface area (Å²) in [6, 6.07) is 16.7. The highest BCUT2D eigenvalue weighted by Crippen LogP contribution is 2.22. The monoisotopic (exact) mass is 469 g/mol. The van der Waals surface area contributed by atoms with Gasteiger partial charge in [0, 0.05) is 22.8 Å². The van der Waals surface area contributed by atoms with E-state index in [1.807, 2.05) is 48.9 Å². The number of ether oxygens (including phenoxy) is 2. The smallest absolute Gasteiger partial charge is 0.350 e. The lowest BCUT2D eigenvalue weighted by molar-refractivity contribution is -0.162. The molecule has 0 radical (unpaired) electrons. The van der Waals surface area contributed by atoms with Gasteiger partial charge < -0.3 is 14.8 Å². The molecular formula is C25H28ClN3O4. The molecule has 3 aromatic rings. The van der Waals surface area contributed by atoms with Gasteiger partial charge in [-0.25, -0.2) is 4.79 Å². The van der Waals surface area contributed by atoms with Crippen LogP contribution in [0.5, 0.6) is 5.75 Å². The molecule has 33 heavy (non-hydrogen) atoms. The quantitative estimate of drug-likeness (QED) is 0.474. The number of benzene rings is 2. The van der Waals surface area contributed by atoms with Crippen molar-refractivity contribution in [2.24, 2.45) is 0 Å². The lowest BCUT2D eigenvalue weighted by Gasteiger charge is -2.24. The van der Waals surface area contributed by atoms with E-state index in [1.54, 1.807) is 38.1 Å². The van der Waals surface area contributed by atoms with Gasteiger partial charge in [-0.05, 0) is 57.5 Å². The third-order valence-electron chi connectivity index (χ3n) is 5.18. The van der Waals surface area contributed by atoms with Crippen LogP contribution >= 0.6 is 11.6 Å². The predicted molar refractivity (Wildman–Crippen MR) is 126 cm³/mol. The van der Waals surface area contributed by atoms with Crippen LogP contribution < -0.4 is 10.1 Å². The van der Waals surface area contributed by atoms with Crippen LogP contribution in [0.2, 0.25) is 5.02 Å². The molecule has 1 N–H and O–H groups in total. The Balaban J connectivity index is 1.51. The molecule has 0 aliphatic rings. The van der Waals surface area contributed by atoms with Crippen LogP contribution in [0.4, 0.5) is 0 Å². The van der Waals surface area contributed by atoms with E-state index in [1.165, 1.54) is 0 Å². The van der Waals surface area contributed by atoms with Gasteiger partial charge in [-0.1, -0.05) is 41.9 Å². The number of rotatable bonds is 9. The van der Waals surface area contributed by atoms with Crippen molar-refractivity contribution < 1.29 is 19.1 Å². The zero-order valence-electron chi connectivity index (χ0n) is 19.2. The Morgan fingerprint density at radius 1 is 1.06 bits per heavy atom. The third kappa shape index (κ3) is 6.58. The topological polar surface area (TPSA) is 82.5 Å². The van der Waals surface area contributed by atoms with Crippen LogP contribution in [0.1, 0.15) is 36.4 Å². The number of nitrogens with zero attached hydrogens (tertiary/aromatic N) is 2. The second-order valence-corrected chi connectivity index (χ2v) is 8.65. The van der Waals surface area contributed by atoms with Gasteiger partial charge in [0.1, 0.15) is 5.75 Å². The van der Waals surface area contributed by atoms with E-state index in [0.29, 0.717) is 23.9 Å². The van der Waals surface area contributed by atoms with Crippen LogP contribution in [0.25, 0.3) is 0 Å². The highest BCUT2D eigenvalue weighted by molar-refractivity contribution is 6.30. The van der Waals surface area contributed by atoms with E-state index in [0.717, 1.165) is 22.5 Å². The predicted octanol–water partition coefficient (Wildman–Crippen LogP) is 4.22. The minimum Gasteiger partial charge on any atom is -0.476 e. The summed E-state index contributed by atoms with van der Waals surface area (Å²) in [5.41, 5.74) is 2.65. The lowest BCUT2D eigenvalue weighted by Crippen LogP contribution is -2.41. The Morgan fingerprint density at radius 3 is 2.39 bits per heavy atom. The molecule has 0 bridgehead atoms. The second kappa shape index (κ2) is 10.5. The van der Waals surface area contributed by atoms with Gasteiger partial charge in [-0.3, -0.25) is 9.48 Å². The second-order valence-electron chi connectivity index (χ2n) is 8.21. The Hall–Kier alpha value is -3.32. The highest BCUT2D eigenvalue weighted by Gasteiger charge is 2.32. The number of esters is 1. The van der Waals surface area contributed by atoms with Gasteiger partial charge in [-0.15, -0.1) is 0 Å². The Kier molecular flexibility index (Phi) is 7.76. The van der Waals surface area contributed by atoms with Crippen molar-refractivity contribution in [3.05, 3.63) is 82.1 Å². The van der Waals surface area contributed by atoms with Crippen molar-refractivity contribution in [1.82, 2.24) is 15.1 Å². The van der Waals surface area contributed by atoms with Gasteiger partial charge in [0.15, 0.2) is 12.2 Å². The van der Waals surface area contributed by atoms with Gasteiger partial charge in [0.25, 0.3) is 5.91 Å². The zero-order chi connectivity index (χ0) is 24.0. The Labute approximate surface area is 198 Å². The zero-order valence-corrected chi connectivity index (χ0v) is 20.0. The van der Waals surface area contributed by atoms with Crippen LogP contribution in [0.15, 0.2) is 54.6 Å². The lowest BCUT2D eigenvalue weighted by atomic mass is 10.1. The van der Waals surface area contributed by atoms with E-state index < -0.39 is 24.1 Å². The minimum atomic E-state index is -1.26. The molecule has 1 aromatic heterocycles. The highest BCUT2D eigenvalue weighted by atomic mass is 35.5. The van der Waals surface area contributed by atoms with E-state index in [4.69, 9.17) is 21.1 Å². The van der Waals surface area contributed by atoms with E-state index in [9.17, 15) is 9.59 Å². The summed E-state index contributed by atoms with van der Waals surface area (Å²) in [7, 11) is 0. The van der Waals surface area contributed by atoms with Crippen LogP contribution in [0, 0.1) is 13.8 Å². The van der Waals surface area contributed by atoms with Crippen molar-refractivity contribution >= 4 is 23.5 Å². The number of carbonyl (C=O) groups is 2. The van der Waals surface area contributed by atoms with Gasteiger partial charge >= 0.3 is 5.97 Å². The molecule has 0 aliphatic heterocycles. The molecule has 2 aromatic carbocycles. The van der Waals surface area contributed by atoms with Gasteiger partial charge in [-0.2, -0.15) is 5.10 Å². The van der Waals surface area contributed by atoms with Crippen molar-refractivity contribution in [1.29, 1.82) is 0 Å². The number of halogens is 1. The average molecular weight is 470 g/mol. The first-order valence-electron chi connectivity index (χ1n) is 10.6. The molecule has 1 heterocycles. The number of aryl methyl sites for hydroxylation is 1. The maximum atomic E-state index is 12.4. The minimum absolute atomic E-state index is 0.299. The van der Waals surface area contributed by atoms with Crippen molar-refractivity contribution in [3.8, 4) is 5.75 Å². The molecule has 1 amide bonds. The fraction of sp³-hybridized carbons (Fsp3) is 0.320. The summed E-state index contributed by atoms with van der Waals surface area (Å²) in [4.78, 5) is 24.7. The Bertz CT molecular complexity index is 1110. The molecular weight excluding hydrogens is 442 g/mol. The van der Waals surface area contributed by atoms with Crippen molar-refractivity contribution in [2.75, 3.05) is 6.61 Å². The number of amides is 1. The number of aromatic nitrogens is 2. The summed E-state index contributed by atoms with van der Waals surface area (Å²) < 4.78 is 12.8. The van der Waals surface area contributed by atoms with E-state index in [-0.39, 0.29) is 0 Å². The Morgan fingerprint density at radius 2 is 1.73 bits per heavy atom. The molecule has 3 rings (SSSR count). The fourth-order valence-electron chi connectivity index (χ4n) is 3.28. The molecule has 174 valence electrons. The number of nitrogens with one attached hydrogen (secondary N) is 1. The summed E-state index contributed by atoms with van der Waals surface area (Å²) in [5.74, 6) is -0.569. The number of carbonyl (C=O) groups excluding carboxylic acids is 2. The first-order valence-corrected chi connectivity index (χ1v) is 11.0. The average Bonchev–Trinajstić information content (AvgIpc) is 3.05. The molecule has 0 aliphatic carbocycles. The molecule has 0 saturated carbocycles. The molecule has 0 atom stereocenters. The summed E-state index contributed by atoms with van der Waals surface area (Å²) >= 11 is 5.86. The maximum absolute atomic E-state index is 12.4. The number of hydrogen-bond donors (Lipinski definition) is 1. The largest absolute Gasteiger partial charge is 0.476 e. The molecule has 8 heteroatoms. The standard InChI is InChI=1S/C25H28ClN3O4/c1-17-22(18(2)29(28-17)15-19-8-6-5-7-9-19)14-27-23(30)16-32-24(31)25(3,4)33-21-12-10-20(26)11-13-21/h5-13H,14-16H2,1-4H3,(H,27,30). The SMILES string of the molecule is Cc1nn(Cc2ccccc2)c(C)c1CNC(=O)COC(=O)C(C)(C)Oc1ccc(Cl)cc1. The normalized spacial score (nSPS) is 11.2. The van der Waals surface area contributed by atoms with Crippen LogP contribution in [-0.2, 0) is 27.4 Å². The molecule has 7 nitrogen and oxygen atoms in total. The van der Waals surface area contributed by atoms with E-state index in [2.05, 4.69) is 10.4 Å². The fourth-order valence-corrected chi connectivity index (χ4v) is 3.41. The van der Waals surface area contributed by atoms with E-state index >= 15 is 0 Å². The van der Waals surface area contributed by atoms with Crippen molar-refractivity contribution in [3.63, 3.8) is 0 Å². The number of hydrogen-bond acceptors (Lipinski definition) is 5. The molecule has 0 spiro atoms. The maximum Gasteiger partial charge on any atom is 0.350 e.